The van der Waals surface area contributed by atoms with Crippen LogP contribution in [0.15, 0.2) is 18.5 Å². The molecule has 1 saturated heterocycles. The Morgan fingerprint density at radius 2 is 2.33 bits per heavy atom. The van der Waals surface area contributed by atoms with Gasteiger partial charge in [0, 0.05) is 25.5 Å². The Morgan fingerprint density at radius 1 is 1.47 bits per heavy atom. The van der Waals surface area contributed by atoms with Crippen molar-refractivity contribution in [3.63, 3.8) is 0 Å². The zero-order chi connectivity index (χ0) is 10.7. The van der Waals surface area contributed by atoms with Gasteiger partial charge in [0.15, 0.2) is 0 Å². The Morgan fingerprint density at radius 3 is 3.00 bits per heavy atom. The van der Waals surface area contributed by atoms with Crippen LogP contribution in [0.5, 0.6) is 0 Å². The van der Waals surface area contributed by atoms with Crippen molar-refractivity contribution in [2.24, 2.45) is 5.73 Å². The Kier molecular flexibility index (Phi) is 3.35. The van der Waals surface area contributed by atoms with Crippen molar-refractivity contribution in [2.45, 2.75) is 18.6 Å². The number of nitrogens with two attached hydrogens (primary N) is 1. The molecule has 3 N–H and O–H groups in total. The van der Waals surface area contributed by atoms with Crippen molar-refractivity contribution in [3.8, 4) is 0 Å². The van der Waals surface area contributed by atoms with Crippen molar-refractivity contribution >= 4 is 0 Å². The lowest BCUT2D eigenvalue weighted by Gasteiger charge is -2.15. The zero-order valence-corrected chi connectivity index (χ0v) is 8.79. The highest BCUT2D eigenvalue weighted by molar-refractivity contribution is 4.91. The highest BCUT2D eigenvalue weighted by Gasteiger charge is 2.32. The standard InChI is InChI=1S/C10H18N4O/c11-3-1-5-13-7-9(10(15)8-13)14-6-2-4-12-14/h2,4,6,9-10,15H,1,3,5,7-8,11H2/t9-,10-/m0/s1. The summed E-state index contributed by atoms with van der Waals surface area (Å²) in [6.45, 7) is 3.26. The molecule has 0 radical (unpaired) electrons. The molecule has 0 aromatic carbocycles. The molecule has 1 aliphatic rings. The lowest BCUT2D eigenvalue weighted by Crippen LogP contribution is -2.24. The normalized spacial score (nSPS) is 27.3. The Bertz CT molecular complexity index is 288. The molecule has 1 aromatic heterocycles. The van der Waals surface area contributed by atoms with E-state index in [-0.39, 0.29) is 12.1 Å². The summed E-state index contributed by atoms with van der Waals surface area (Å²) in [7, 11) is 0. The van der Waals surface area contributed by atoms with Gasteiger partial charge in [0.2, 0.25) is 0 Å². The summed E-state index contributed by atoms with van der Waals surface area (Å²) < 4.78 is 1.84. The van der Waals surface area contributed by atoms with Gasteiger partial charge in [-0.1, -0.05) is 0 Å². The molecule has 2 rings (SSSR count). The van der Waals surface area contributed by atoms with Crippen molar-refractivity contribution in [2.75, 3.05) is 26.2 Å². The fraction of sp³-hybridized carbons (Fsp3) is 0.700. The topological polar surface area (TPSA) is 67.3 Å². The number of aromatic nitrogens is 2. The van der Waals surface area contributed by atoms with E-state index in [0.717, 1.165) is 26.1 Å². The molecule has 5 nitrogen and oxygen atoms in total. The molecule has 0 amide bonds. The average molecular weight is 210 g/mol. The largest absolute Gasteiger partial charge is 0.390 e. The molecular weight excluding hydrogens is 192 g/mol. The molecule has 0 bridgehead atoms. The monoisotopic (exact) mass is 210 g/mol. The van der Waals surface area contributed by atoms with Gasteiger partial charge in [0.1, 0.15) is 0 Å². The van der Waals surface area contributed by atoms with Crippen molar-refractivity contribution in [1.82, 2.24) is 14.7 Å². The minimum atomic E-state index is -0.317. The van der Waals surface area contributed by atoms with Gasteiger partial charge >= 0.3 is 0 Å². The molecule has 0 saturated carbocycles. The summed E-state index contributed by atoms with van der Waals surface area (Å²) >= 11 is 0. The van der Waals surface area contributed by atoms with Crippen LogP contribution in [0.2, 0.25) is 0 Å². The molecule has 5 heteroatoms. The second kappa shape index (κ2) is 4.74. The molecule has 0 unspecified atom stereocenters. The third kappa shape index (κ3) is 2.37. The van der Waals surface area contributed by atoms with Crippen molar-refractivity contribution in [1.29, 1.82) is 0 Å². The van der Waals surface area contributed by atoms with Crippen LogP contribution >= 0.6 is 0 Å². The molecule has 84 valence electrons. The number of likely N-dealkylation sites (tertiary alicyclic amines) is 1. The van der Waals surface area contributed by atoms with Gasteiger partial charge in [-0.3, -0.25) is 9.58 Å². The SMILES string of the molecule is NCCCN1C[C@H](O)[C@@H](n2cccn2)C1. The number of β-amino-alcohol motifs (C(OH)–C–C–N with tert-alkyl or cyclic N) is 1. The van der Waals surface area contributed by atoms with Crippen LogP contribution in [0.1, 0.15) is 12.5 Å². The van der Waals surface area contributed by atoms with Gasteiger partial charge in [-0.15, -0.1) is 0 Å². The fourth-order valence-corrected chi connectivity index (χ4v) is 2.08. The maximum Gasteiger partial charge on any atom is 0.0917 e. The number of hydrogen-bond acceptors (Lipinski definition) is 4. The smallest absolute Gasteiger partial charge is 0.0917 e. The van der Waals surface area contributed by atoms with Crippen LogP contribution in [0.25, 0.3) is 0 Å². The second-order valence-electron chi connectivity index (χ2n) is 4.02. The lowest BCUT2D eigenvalue weighted by molar-refractivity contribution is 0.139. The van der Waals surface area contributed by atoms with Crippen LogP contribution in [-0.2, 0) is 0 Å². The molecule has 2 heterocycles. The molecule has 1 aromatic rings. The van der Waals surface area contributed by atoms with E-state index in [9.17, 15) is 5.11 Å². The van der Waals surface area contributed by atoms with E-state index in [2.05, 4.69) is 10.00 Å². The minimum Gasteiger partial charge on any atom is -0.390 e. The predicted octanol–water partition coefficient (Wildman–Crippen LogP) is -0.550. The van der Waals surface area contributed by atoms with Gasteiger partial charge in [-0.05, 0) is 25.6 Å². The van der Waals surface area contributed by atoms with Crippen LogP contribution in [0.3, 0.4) is 0 Å². The summed E-state index contributed by atoms with van der Waals surface area (Å²) in [5.74, 6) is 0. The first-order valence-corrected chi connectivity index (χ1v) is 5.41. The Hall–Kier alpha value is -0.910. The number of rotatable bonds is 4. The number of aliphatic hydroxyl groups excluding tert-OH is 1. The van der Waals surface area contributed by atoms with Crippen molar-refractivity contribution < 1.29 is 5.11 Å². The molecule has 0 aliphatic carbocycles. The first-order chi connectivity index (χ1) is 7.31. The van der Waals surface area contributed by atoms with Crippen molar-refractivity contribution in [3.05, 3.63) is 18.5 Å². The number of aliphatic hydroxyl groups is 1. The minimum absolute atomic E-state index is 0.0952. The quantitative estimate of drug-likeness (QED) is 0.699. The van der Waals surface area contributed by atoms with Crippen LogP contribution < -0.4 is 5.73 Å². The third-order valence-corrected chi connectivity index (χ3v) is 2.88. The third-order valence-electron chi connectivity index (χ3n) is 2.88. The molecule has 2 atom stereocenters. The van der Waals surface area contributed by atoms with Gasteiger partial charge in [0.05, 0.1) is 12.1 Å². The summed E-state index contributed by atoms with van der Waals surface area (Å²) in [5.41, 5.74) is 5.46. The fourth-order valence-electron chi connectivity index (χ4n) is 2.08. The number of hydrogen-bond donors (Lipinski definition) is 2. The van der Waals surface area contributed by atoms with Crippen LogP contribution in [-0.4, -0.2) is 52.1 Å². The first kappa shape index (κ1) is 10.6. The molecule has 0 spiro atoms. The molecule has 1 fully saturated rings. The molecule has 1 aliphatic heterocycles. The summed E-state index contributed by atoms with van der Waals surface area (Å²) in [6.07, 6.45) is 4.32. The summed E-state index contributed by atoms with van der Waals surface area (Å²) in [4.78, 5) is 2.24. The summed E-state index contributed by atoms with van der Waals surface area (Å²) in [6, 6.07) is 1.98. The van der Waals surface area contributed by atoms with E-state index >= 15 is 0 Å². The van der Waals surface area contributed by atoms with Gasteiger partial charge in [-0.2, -0.15) is 5.10 Å². The highest BCUT2D eigenvalue weighted by Crippen LogP contribution is 2.21. The maximum atomic E-state index is 9.90. The van der Waals surface area contributed by atoms with E-state index in [1.165, 1.54) is 0 Å². The number of nitrogens with zero attached hydrogens (tertiary/aromatic N) is 3. The zero-order valence-electron chi connectivity index (χ0n) is 8.79. The van der Waals surface area contributed by atoms with E-state index in [4.69, 9.17) is 5.73 Å². The molecule has 15 heavy (non-hydrogen) atoms. The van der Waals surface area contributed by atoms with E-state index in [1.54, 1.807) is 6.20 Å². The van der Waals surface area contributed by atoms with Crippen LogP contribution in [0, 0.1) is 0 Å². The van der Waals surface area contributed by atoms with E-state index in [1.807, 2.05) is 16.9 Å². The average Bonchev–Trinajstić information content (AvgIpc) is 2.83. The highest BCUT2D eigenvalue weighted by atomic mass is 16.3. The summed E-state index contributed by atoms with van der Waals surface area (Å²) in [5, 5.41) is 14.1. The predicted molar refractivity (Wildman–Crippen MR) is 57.4 cm³/mol. The Labute approximate surface area is 89.5 Å². The van der Waals surface area contributed by atoms with Gasteiger partial charge in [0.25, 0.3) is 0 Å². The maximum absolute atomic E-state index is 9.90. The van der Waals surface area contributed by atoms with Gasteiger partial charge < -0.3 is 10.8 Å². The van der Waals surface area contributed by atoms with Crippen LogP contribution in [0.4, 0.5) is 0 Å². The van der Waals surface area contributed by atoms with Gasteiger partial charge in [-0.25, -0.2) is 0 Å². The Balaban J connectivity index is 1.93. The van der Waals surface area contributed by atoms with E-state index in [0.29, 0.717) is 6.54 Å². The lowest BCUT2D eigenvalue weighted by atomic mass is 10.2. The molecular formula is C10H18N4O. The van der Waals surface area contributed by atoms with E-state index < -0.39 is 0 Å². The first-order valence-electron chi connectivity index (χ1n) is 5.41. The second-order valence-corrected chi connectivity index (χ2v) is 4.02.